The first kappa shape index (κ1) is 19.4. The molecular formula is C17H17N3O7S. The molecule has 0 aliphatic heterocycles. The lowest BCUT2D eigenvalue weighted by atomic mass is 10.2. The first-order valence-corrected chi connectivity index (χ1v) is 9.64. The number of phenolic OH excluding ortho intramolecular Hbond substituents is 1. The van der Waals surface area contributed by atoms with Crippen LogP contribution < -0.4 is 14.8 Å². The summed E-state index contributed by atoms with van der Waals surface area (Å²) in [5.41, 5.74) is 0.0670. The first-order chi connectivity index (χ1) is 13.2. The number of nitrogens with zero attached hydrogens (tertiary/aromatic N) is 1. The van der Waals surface area contributed by atoms with Crippen LogP contribution in [0.2, 0.25) is 0 Å². The highest BCUT2D eigenvalue weighted by molar-refractivity contribution is 7.92. The van der Waals surface area contributed by atoms with Gasteiger partial charge in [0.1, 0.15) is 17.4 Å². The fourth-order valence-corrected chi connectivity index (χ4v) is 3.73. The largest absolute Gasteiger partial charge is 0.506 e. The molecule has 10 nitrogen and oxygen atoms in total. The van der Waals surface area contributed by atoms with Crippen molar-refractivity contribution in [2.24, 2.45) is 5.92 Å². The van der Waals surface area contributed by atoms with E-state index in [-0.39, 0.29) is 28.4 Å². The molecule has 28 heavy (non-hydrogen) atoms. The summed E-state index contributed by atoms with van der Waals surface area (Å²) in [4.78, 5) is 22.0. The molecule has 11 heteroatoms. The molecule has 0 spiro atoms. The van der Waals surface area contributed by atoms with Crippen LogP contribution in [0.5, 0.6) is 11.5 Å². The van der Waals surface area contributed by atoms with E-state index in [9.17, 15) is 28.4 Å². The first-order valence-electron chi connectivity index (χ1n) is 8.16. The van der Waals surface area contributed by atoms with Gasteiger partial charge in [-0.05, 0) is 30.3 Å². The Morgan fingerprint density at radius 2 is 1.96 bits per heavy atom. The number of para-hydroxylation sites is 2. The summed E-state index contributed by atoms with van der Waals surface area (Å²) < 4.78 is 32.8. The maximum absolute atomic E-state index is 12.7. The predicted octanol–water partition coefficient (Wildman–Crippen LogP) is 1.81. The van der Waals surface area contributed by atoms with Crippen molar-refractivity contribution in [2.75, 3.05) is 17.1 Å². The number of anilines is 2. The zero-order chi connectivity index (χ0) is 20.5. The lowest BCUT2D eigenvalue weighted by Crippen LogP contribution is -2.19. The monoisotopic (exact) mass is 407 g/mol. The molecule has 0 heterocycles. The van der Waals surface area contributed by atoms with Crippen molar-refractivity contribution < 1.29 is 28.0 Å². The summed E-state index contributed by atoms with van der Waals surface area (Å²) in [6.07, 6.45) is 0.104. The summed E-state index contributed by atoms with van der Waals surface area (Å²) in [6.45, 7) is 0. The van der Waals surface area contributed by atoms with Gasteiger partial charge in [0.25, 0.3) is 10.0 Å². The van der Waals surface area contributed by atoms with Gasteiger partial charge in [0.05, 0.1) is 23.4 Å². The van der Waals surface area contributed by atoms with E-state index in [0.29, 0.717) is 5.75 Å². The number of amides is 1. The normalized spacial score (nSPS) is 18.2. The smallest absolute Gasteiger partial charge is 0.262 e. The van der Waals surface area contributed by atoms with Crippen LogP contribution in [-0.4, -0.2) is 37.5 Å². The van der Waals surface area contributed by atoms with E-state index >= 15 is 0 Å². The number of aromatic hydroxyl groups is 1. The molecule has 2 aromatic rings. The average molecular weight is 407 g/mol. The van der Waals surface area contributed by atoms with Crippen molar-refractivity contribution in [3.63, 3.8) is 0 Å². The Bertz CT molecular complexity index is 1040. The van der Waals surface area contributed by atoms with E-state index < -0.39 is 32.8 Å². The van der Waals surface area contributed by atoms with Crippen LogP contribution >= 0.6 is 0 Å². The van der Waals surface area contributed by atoms with Crippen molar-refractivity contribution in [1.29, 1.82) is 0 Å². The molecule has 1 fully saturated rings. The van der Waals surface area contributed by atoms with Gasteiger partial charge in [-0.1, -0.05) is 12.1 Å². The van der Waals surface area contributed by atoms with Crippen LogP contribution in [-0.2, 0) is 14.8 Å². The summed E-state index contributed by atoms with van der Waals surface area (Å²) in [7, 11) is -2.65. The van der Waals surface area contributed by atoms with Gasteiger partial charge in [-0.25, -0.2) is 8.42 Å². The molecule has 1 amide bonds. The lowest BCUT2D eigenvalue weighted by Gasteiger charge is -2.13. The van der Waals surface area contributed by atoms with Crippen molar-refractivity contribution >= 4 is 27.3 Å². The average Bonchev–Trinajstić information content (AvgIpc) is 3.45. The number of carbonyl (C=O) groups excluding carboxylic acids is 1. The minimum atomic E-state index is -4.05. The van der Waals surface area contributed by atoms with E-state index in [1.54, 1.807) is 18.2 Å². The highest BCUT2D eigenvalue weighted by Crippen LogP contribution is 2.36. The van der Waals surface area contributed by atoms with Gasteiger partial charge in [-0.15, -0.1) is 0 Å². The molecule has 0 unspecified atom stereocenters. The second-order valence-corrected chi connectivity index (χ2v) is 7.85. The molecule has 1 aliphatic rings. The van der Waals surface area contributed by atoms with E-state index in [0.717, 1.165) is 12.1 Å². The molecule has 1 saturated carbocycles. The van der Waals surface area contributed by atoms with Crippen molar-refractivity contribution in [2.45, 2.75) is 17.4 Å². The number of ether oxygens (including phenoxy) is 1. The Morgan fingerprint density at radius 1 is 1.25 bits per heavy atom. The predicted molar refractivity (Wildman–Crippen MR) is 99.4 cm³/mol. The third kappa shape index (κ3) is 3.98. The van der Waals surface area contributed by atoms with Gasteiger partial charge >= 0.3 is 0 Å². The molecule has 148 valence electrons. The number of phenols is 1. The number of nitrogens with one attached hydrogen (secondary N) is 2. The Balaban J connectivity index is 1.82. The summed E-state index contributed by atoms with van der Waals surface area (Å²) in [5, 5.41) is 22.9. The van der Waals surface area contributed by atoms with Gasteiger partial charge in [-0.3, -0.25) is 19.6 Å². The van der Waals surface area contributed by atoms with Crippen LogP contribution in [0.1, 0.15) is 6.42 Å². The van der Waals surface area contributed by atoms with Crippen LogP contribution in [0.4, 0.5) is 11.4 Å². The quantitative estimate of drug-likeness (QED) is 0.360. The number of carbonyl (C=O) groups is 1. The number of hydrogen-bond donors (Lipinski definition) is 3. The Morgan fingerprint density at radius 3 is 2.61 bits per heavy atom. The fourth-order valence-electron chi connectivity index (χ4n) is 2.64. The van der Waals surface area contributed by atoms with Crippen LogP contribution in [0, 0.1) is 16.0 Å². The van der Waals surface area contributed by atoms with Crippen LogP contribution in [0.3, 0.4) is 0 Å². The zero-order valence-electron chi connectivity index (χ0n) is 14.7. The minimum absolute atomic E-state index is 0.104. The third-order valence-electron chi connectivity index (χ3n) is 4.25. The van der Waals surface area contributed by atoms with Crippen molar-refractivity contribution in [3.05, 3.63) is 52.6 Å². The zero-order valence-corrected chi connectivity index (χ0v) is 15.5. The summed E-state index contributed by atoms with van der Waals surface area (Å²) in [5.74, 6) is -1.49. The highest BCUT2D eigenvalue weighted by Gasteiger charge is 2.53. The molecule has 0 radical (unpaired) electrons. The van der Waals surface area contributed by atoms with Gasteiger partial charge in [-0.2, -0.15) is 0 Å². The number of sulfonamides is 1. The second kappa shape index (κ2) is 7.35. The molecular weight excluding hydrogens is 390 g/mol. The third-order valence-corrected chi connectivity index (χ3v) is 5.61. The molecule has 1 aliphatic carbocycles. The molecule has 2 aromatic carbocycles. The van der Waals surface area contributed by atoms with Crippen LogP contribution in [0.25, 0.3) is 0 Å². The number of nitro groups is 1. The number of benzene rings is 2. The van der Waals surface area contributed by atoms with Crippen molar-refractivity contribution in [3.8, 4) is 11.5 Å². The maximum atomic E-state index is 12.7. The number of hydrogen-bond acceptors (Lipinski definition) is 7. The Labute approximate surface area is 160 Å². The summed E-state index contributed by atoms with van der Waals surface area (Å²) >= 11 is 0. The topological polar surface area (TPSA) is 148 Å². The van der Waals surface area contributed by atoms with Crippen molar-refractivity contribution in [1.82, 2.24) is 0 Å². The van der Waals surface area contributed by atoms with Gasteiger partial charge < -0.3 is 15.2 Å². The maximum Gasteiger partial charge on any atom is 0.262 e. The molecule has 0 aromatic heterocycles. The molecule has 3 rings (SSSR count). The second-order valence-electron chi connectivity index (χ2n) is 6.17. The SMILES string of the molecule is COc1ccccc1NS(=O)(=O)c1ccc(O)c(NC(=O)[C@H]2C[C@H]2[N+](=O)[O-])c1. The number of rotatable bonds is 7. The van der Waals surface area contributed by atoms with Crippen LogP contribution in [0.15, 0.2) is 47.4 Å². The van der Waals surface area contributed by atoms with E-state index in [1.807, 2.05) is 0 Å². The van der Waals surface area contributed by atoms with E-state index in [1.165, 1.54) is 19.2 Å². The standard InChI is InChI=1S/C17H17N3O7S/c1-27-16-5-3-2-4-12(16)19-28(25,26)10-6-7-15(21)13(8-10)18-17(22)11-9-14(11)20(23)24/h2-8,11,14,19,21H,9H2,1H3,(H,18,22)/t11-,14+/m0/s1. The fraction of sp³-hybridized carbons (Fsp3) is 0.235. The van der Waals surface area contributed by atoms with Gasteiger partial charge in [0.2, 0.25) is 11.9 Å². The van der Waals surface area contributed by atoms with Gasteiger partial charge in [0, 0.05) is 11.3 Å². The van der Waals surface area contributed by atoms with E-state index in [2.05, 4.69) is 10.0 Å². The Kier molecular flexibility index (Phi) is 5.10. The molecule has 0 saturated heterocycles. The summed E-state index contributed by atoms with van der Waals surface area (Å²) in [6, 6.07) is 8.82. The van der Waals surface area contributed by atoms with Gasteiger partial charge in [0.15, 0.2) is 0 Å². The molecule has 0 bridgehead atoms. The van der Waals surface area contributed by atoms with E-state index in [4.69, 9.17) is 4.74 Å². The highest BCUT2D eigenvalue weighted by atomic mass is 32.2. The number of methoxy groups -OCH3 is 1. The Hall–Kier alpha value is -3.34. The molecule has 2 atom stereocenters. The minimum Gasteiger partial charge on any atom is -0.506 e. The molecule has 3 N–H and O–H groups in total. The lowest BCUT2D eigenvalue weighted by molar-refractivity contribution is -0.497.